The molecule has 0 spiro atoms. The molecule has 10 N–H and O–H groups in total. The number of aliphatic carboxylic acids is 1. The van der Waals surface area contributed by atoms with Gasteiger partial charge in [0.15, 0.2) is 5.78 Å². The Labute approximate surface area is 177 Å². The summed E-state index contributed by atoms with van der Waals surface area (Å²) in [4.78, 5) is 36.0. The van der Waals surface area contributed by atoms with Gasteiger partial charge in [-0.05, 0) is 5.56 Å². The molecule has 1 unspecified atom stereocenters. The van der Waals surface area contributed by atoms with E-state index in [9.17, 15) is 39.9 Å². The standard InChI is InChI=1S/C19H26N4O8/c20-7-6-10(21)18(29)23-11(8-24)14(25)16(27)17(28)15(26)12(13(22)19(30)31)9-4-2-1-3-5-9/h1-5,10-14,16-17,24-25,27-28H,6,8,21-22H2,(H,23,29)(H,30,31)/t10-,11-,12?,13-,14+,16+,17+/m0/s1. The van der Waals surface area contributed by atoms with Crippen LogP contribution in [0.25, 0.3) is 0 Å². The smallest absolute Gasteiger partial charge is 0.321 e. The average Bonchev–Trinajstić information content (AvgIpc) is 2.76. The summed E-state index contributed by atoms with van der Waals surface area (Å²) >= 11 is 0. The number of nitrogens with one attached hydrogen (secondary N) is 1. The van der Waals surface area contributed by atoms with Gasteiger partial charge in [0.2, 0.25) is 5.91 Å². The molecular weight excluding hydrogens is 412 g/mol. The predicted molar refractivity (Wildman–Crippen MR) is 105 cm³/mol. The molecule has 12 heteroatoms. The van der Waals surface area contributed by atoms with Gasteiger partial charge in [0, 0.05) is 0 Å². The Morgan fingerprint density at radius 2 is 1.65 bits per heavy atom. The fourth-order valence-electron chi connectivity index (χ4n) is 2.85. The molecule has 0 fully saturated rings. The van der Waals surface area contributed by atoms with Gasteiger partial charge in [-0.3, -0.25) is 14.4 Å². The number of ketones is 1. The zero-order valence-corrected chi connectivity index (χ0v) is 16.4. The van der Waals surface area contributed by atoms with Crippen LogP contribution in [0.2, 0.25) is 0 Å². The van der Waals surface area contributed by atoms with Gasteiger partial charge in [0.1, 0.15) is 24.4 Å². The van der Waals surface area contributed by atoms with Gasteiger partial charge in [-0.15, -0.1) is 0 Å². The average molecular weight is 438 g/mol. The molecule has 1 rings (SSSR count). The molecule has 170 valence electrons. The van der Waals surface area contributed by atoms with E-state index in [0.29, 0.717) is 0 Å². The normalized spacial score (nSPS) is 17.8. The number of nitriles is 1. The molecule has 7 atom stereocenters. The molecule has 0 aliphatic rings. The molecule has 0 radical (unpaired) electrons. The van der Waals surface area contributed by atoms with Gasteiger partial charge >= 0.3 is 5.97 Å². The minimum atomic E-state index is -2.30. The highest BCUT2D eigenvalue weighted by Crippen LogP contribution is 2.23. The molecule has 0 bridgehead atoms. The summed E-state index contributed by atoms with van der Waals surface area (Å²) in [6.07, 6.45) is -6.91. The summed E-state index contributed by atoms with van der Waals surface area (Å²) < 4.78 is 0. The van der Waals surface area contributed by atoms with Crippen LogP contribution in [0.5, 0.6) is 0 Å². The zero-order valence-electron chi connectivity index (χ0n) is 16.4. The number of hydrogen-bond donors (Lipinski definition) is 8. The number of benzene rings is 1. The van der Waals surface area contributed by atoms with E-state index in [0.717, 1.165) is 0 Å². The zero-order chi connectivity index (χ0) is 23.7. The van der Waals surface area contributed by atoms with Gasteiger partial charge in [-0.25, -0.2) is 0 Å². The second-order valence-electron chi connectivity index (χ2n) is 6.85. The highest BCUT2D eigenvalue weighted by Gasteiger charge is 2.42. The summed E-state index contributed by atoms with van der Waals surface area (Å²) in [6.45, 7) is -0.902. The number of aliphatic hydroxyl groups excluding tert-OH is 4. The number of carboxylic acid groups (broad SMARTS) is 1. The van der Waals surface area contributed by atoms with Crippen molar-refractivity contribution in [2.45, 2.75) is 48.8 Å². The third-order valence-corrected chi connectivity index (χ3v) is 4.66. The molecule has 0 saturated heterocycles. The van der Waals surface area contributed by atoms with Crippen molar-refractivity contribution in [2.24, 2.45) is 11.5 Å². The van der Waals surface area contributed by atoms with Gasteiger partial charge < -0.3 is 42.3 Å². The monoisotopic (exact) mass is 438 g/mol. The minimum absolute atomic E-state index is 0.164. The Balaban J connectivity index is 3.05. The van der Waals surface area contributed by atoms with Crippen LogP contribution in [0.4, 0.5) is 0 Å². The van der Waals surface area contributed by atoms with E-state index < -0.39 is 66.6 Å². The Kier molecular flexibility index (Phi) is 10.2. The fraction of sp³-hybridized carbons (Fsp3) is 0.474. The number of amides is 1. The molecular formula is C19H26N4O8. The molecule has 0 saturated carbocycles. The number of nitrogens with zero attached hydrogens (tertiary/aromatic N) is 1. The second kappa shape index (κ2) is 12.1. The van der Waals surface area contributed by atoms with Crippen molar-refractivity contribution in [2.75, 3.05) is 6.61 Å². The molecule has 0 aliphatic carbocycles. The Morgan fingerprint density at radius 3 is 2.13 bits per heavy atom. The Hall–Kier alpha value is -2.92. The van der Waals surface area contributed by atoms with Crippen molar-refractivity contribution in [3.05, 3.63) is 35.9 Å². The van der Waals surface area contributed by atoms with E-state index in [4.69, 9.17) is 16.7 Å². The maximum atomic E-state index is 12.8. The molecule has 0 aromatic heterocycles. The number of carboxylic acids is 1. The Bertz CT molecular complexity index is 800. The van der Waals surface area contributed by atoms with E-state index >= 15 is 0 Å². The van der Waals surface area contributed by atoms with Crippen LogP contribution >= 0.6 is 0 Å². The molecule has 0 aliphatic heterocycles. The van der Waals surface area contributed by atoms with Crippen LogP contribution in [0, 0.1) is 11.3 Å². The molecule has 0 heterocycles. The van der Waals surface area contributed by atoms with Crippen molar-refractivity contribution in [1.82, 2.24) is 5.32 Å². The lowest BCUT2D eigenvalue weighted by atomic mass is 9.83. The molecule has 31 heavy (non-hydrogen) atoms. The van der Waals surface area contributed by atoms with Crippen molar-refractivity contribution >= 4 is 17.7 Å². The van der Waals surface area contributed by atoms with Crippen molar-refractivity contribution in [3.8, 4) is 6.07 Å². The van der Waals surface area contributed by atoms with E-state index in [1.54, 1.807) is 12.1 Å². The first-order valence-corrected chi connectivity index (χ1v) is 9.21. The van der Waals surface area contributed by atoms with Gasteiger partial charge in [0.25, 0.3) is 0 Å². The van der Waals surface area contributed by atoms with Crippen LogP contribution in [0.3, 0.4) is 0 Å². The van der Waals surface area contributed by atoms with Crippen molar-refractivity contribution in [3.63, 3.8) is 0 Å². The quantitative estimate of drug-likeness (QED) is 0.159. The third-order valence-electron chi connectivity index (χ3n) is 4.66. The number of rotatable bonds is 12. The maximum Gasteiger partial charge on any atom is 0.321 e. The number of Topliss-reactive ketones (excluding diaryl/α,β-unsaturated/α-hetero) is 1. The van der Waals surface area contributed by atoms with Crippen molar-refractivity contribution < 1.29 is 39.9 Å². The van der Waals surface area contributed by atoms with Crippen LogP contribution in [-0.2, 0) is 14.4 Å². The Morgan fingerprint density at radius 1 is 1.06 bits per heavy atom. The van der Waals surface area contributed by atoms with Gasteiger partial charge in [-0.1, -0.05) is 30.3 Å². The van der Waals surface area contributed by atoms with Gasteiger partial charge in [-0.2, -0.15) is 5.26 Å². The summed E-state index contributed by atoms with van der Waals surface area (Å²) in [7, 11) is 0. The minimum Gasteiger partial charge on any atom is -0.480 e. The van der Waals surface area contributed by atoms with Gasteiger partial charge in [0.05, 0.1) is 37.1 Å². The molecule has 12 nitrogen and oxygen atoms in total. The first-order valence-electron chi connectivity index (χ1n) is 9.21. The SMILES string of the molecule is N#CC[C@H](N)C(=O)N[C@@H](CO)[C@@H](O)[C@@H](O)[C@H](O)C(=O)C(c1ccccc1)[C@H](N)C(=O)O. The van der Waals surface area contributed by atoms with Crippen LogP contribution in [-0.4, -0.2) is 86.2 Å². The van der Waals surface area contributed by atoms with E-state index in [2.05, 4.69) is 5.32 Å². The van der Waals surface area contributed by atoms with Crippen LogP contribution < -0.4 is 16.8 Å². The fourth-order valence-corrected chi connectivity index (χ4v) is 2.85. The number of carbonyl (C=O) groups is 3. The summed E-state index contributed by atoms with van der Waals surface area (Å²) in [5.74, 6) is -5.18. The first-order chi connectivity index (χ1) is 14.6. The lowest BCUT2D eigenvalue weighted by Crippen LogP contribution is -2.58. The van der Waals surface area contributed by atoms with Crippen LogP contribution in [0.15, 0.2) is 30.3 Å². The number of nitrogens with two attached hydrogens (primary N) is 2. The van der Waals surface area contributed by atoms with E-state index in [1.165, 1.54) is 24.3 Å². The van der Waals surface area contributed by atoms with E-state index in [1.807, 2.05) is 0 Å². The highest BCUT2D eigenvalue weighted by molar-refractivity contribution is 5.95. The molecule has 1 amide bonds. The van der Waals surface area contributed by atoms with Crippen LogP contribution in [0.1, 0.15) is 17.9 Å². The number of hydrogen-bond acceptors (Lipinski definition) is 10. The largest absolute Gasteiger partial charge is 0.480 e. The topological polar surface area (TPSA) is 240 Å². The first kappa shape index (κ1) is 26.1. The van der Waals surface area contributed by atoms with E-state index in [-0.39, 0.29) is 12.0 Å². The maximum absolute atomic E-state index is 12.8. The molecule has 1 aromatic carbocycles. The predicted octanol–water partition coefficient (Wildman–Crippen LogP) is -3.45. The lowest BCUT2D eigenvalue weighted by Gasteiger charge is -2.31. The van der Waals surface area contributed by atoms with Crippen molar-refractivity contribution in [1.29, 1.82) is 5.26 Å². The summed E-state index contributed by atoms with van der Waals surface area (Å²) in [5, 5.41) is 60.2. The molecule has 1 aromatic rings. The summed E-state index contributed by atoms with van der Waals surface area (Å²) in [6, 6.07) is 4.56. The summed E-state index contributed by atoms with van der Waals surface area (Å²) in [5.41, 5.74) is 11.2. The lowest BCUT2D eigenvalue weighted by molar-refractivity contribution is -0.148. The third kappa shape index (κ3) is 6.79. The highest BCUT2D eigenvalue weighted by atomic mass is 16.4. The number of carbonyl (C=O) groups excluding carboxylic acids is 2. The number of aliphatic hydroxyl groups is 4. The second-order valence-corrected chi connectivity index (χ2v) is 6.85.